The summed E-state index contributed by atoms with van der Waals surface area (Å²) in [5.74, 6) is 0.132. The Labute approximate surface area is 120 Å². The molecule has 0 aromatic carbocycles. The highest BCUT2D eigenvalue weighted by Crippen LogP contribution is 2.10. The fourth-order valence-corrected chi connectivity index (χ4v) is 3.19. The van der Waals surface area contributed by atoms with Crippen molar-refractivity contribution in [1.29, 1.82) is 0 Å². The molecule has 0 saturated carbocycles. The molecule has 0 aromatic rings. The summed E-state index contributed by atoms with van der Waals surface area (Å²) in [6, 6.07) is 0. The van der Waals surface area contributed by atoms with Gasteiger partial charge in [-0.05, 0) is 6.42 Å². The van der Waals surface area contributed by atoms with Crippen LogP contribution in [0.1, 0.15) is 77.6 Å². The van der Waals surface area contributed by atoms with Crippen LogP contribution in [-0.2, 0) is 15.6 Å². The van der Waals surface area contributed by atoms with Crippen molar-refractivity contribution in [1.82, 2.24) is 0 Å². The van der Waals surface area contributed by atoms with E-state index in [0.29, 0.717) is 11.5 Å². The Morgan fingerprint density at radius 2 is 1.32 bits per heavy atom. The fourth-order valence-electron chi connectivity index (χ4n) is 2.05. The fraction of sp³-hybridized carbons (Fsp3) is 0.933. The number of rotatable bonds is 14. The molecule has 19 heavy (non-hydrogen) atoms. The standard InChI is InChI=1S/C15H30O3S/c1-2-3-4-5-6-7-8-9-10-11-13-19(18)14-12-15(16)17/h2-14H2,1H3,(H,16,17). The van der Waals surface area contributed by atoms with Gasteiger partial charge < -0.3 is 5.11 Å². The predicted octanol–water partition coefficient (Wildman–Crippen LogP) is 4.13. The summed E-state index contributed by atoms with van der Waals surface area (Å²) >= 11 is 0. The van der Waals surface area contributed by atoms with Crippen LogP contribution in [0.4, 0.5) is 0 Å². The molecule has 1 atom stereocenters. The number of carbonyl (C=O) groups is 1. The zero-order chi connectivity index (χ0) is 14.3. The number of carboxylic acid groups (broad SMARTS) is 1. The Hall–Kier alpha value is -0.380. The Bertz CT molecular complexity index is 242. The maximum atomic E-state index is 11.4. The summed E-state index contributed by atoms with van der Waals surface area (Å²) in [7, 11) is -0.934. The topological polar surface area (TPSA) is 54.4 Å². The summed E-state index contributed by atoms with van der Waals surface area (Å²) in [4.78, 5) is 10.3. The van der Waals surface area contributed by atoms with E-state index >= 15 is 0 Å². The molecule has 0 aliphatic heterocycles. The summed E-state index contributed by atoms with van der Waals surface area (Å²) in [6.45, 7) is 2.24. The lowest BCUT2D eigenvalue weighted by Crippen LogP contribution is -2.07. The molecule has 1 N–H and O–H groups in total. The second kappa shape index (κ2) is 14.0. The van der Waals surface area contributed by atoms with Crippen molar-refractivity contribution in [3.63, 3.8) is 0 Å². The van der Waals surface area contributed by atoms with Gasteiger partial charge in [-0.15, -0.1) is 0 Å². The van der Waals surface area contributed by atoms with Crippen LogP contribution in [-0.4, -0.2) is 26.8 Å². The highest BCUT2D eigenvalue weighted by atomic mass is 32.2. The quantitative estimate of drug-likeness (QED) is 0.489. The average molecular weight is 290 g/mol. The van der Waals surface area contributed by atoms with Crippen LogP contribution in [0.5, 0.6) is 0 Å². The third-order valence-electron chi connectivity index (χ3n) is 3.27. The Kier molecular flexibility index (Phi) is 13.8. The summed E-state index contributed by atoms with van der Waals surface area (Å²) in [6.07, 6.45) is 12.7. The van der Waals surface area contributed by atoms with Gasteiger partial charge in [0.25, 0.3) is 0 Å². The van der Waals surface area contributed by atoms with E-state index < -0.39 is 16.8 Å². The molecule has 3 nitrogen and oxygen atoms in total. The molecule has 0 saturated heterocycles. The summed E-state index contributed by atoms with van der Waals surface area (Å²) < 4.78 is 11.4. The van der Waals surface area contributed by atoms with Crippen molar-refractivity contribution in [2.45, 2.75) is 77.6 Å². The van der Waals surface area contributed by atoms with Gasteiger partial charge in [0.1, 0.15) is 0 Å². The lowest BCUT2D eigenvalue weighted by atomic mass is 10.1. The van der Waals surface area contributed by atoms with Gasteiger partial charge in [0.15, 0.2) is 0 Å². The summed E-state index contributed by atoms with van der Waals surface area (Å²) in [5, 5.41) is 8.47. The van der Waals surface area contributed by atoms with E-state index in [1.165, 1.54) is 51.4 Å². The summed E-state index contributed by atoms with van der Waals surface area (Å²) in [5.41, 5.74) is 0. The van der Waals surface area contributed by atoms with Crippen molar-refractivity contribution in [2.24, 2.45) is 0 Å². The minimum absolute atomic E-state index is 0.0321. The van der Waals surface area contributed by atoms with Crippen LogP contribution in [0.25, 0.3) is 0 Å². The minimum Gasteiger partial charge on any atom is -0.481 e. The van der Waals surface area contributed by atoms with Gasteiger partial charge in [-0.1, -0.05) is 64.7 Å². The van der Waals surface area contributed by atoms with Crippen LogP contribution in [0.15, 0.2) is 0 Å². The first-order chi connectivity index (χ1) is 9.16. The van der Waals surface area contributed by atoms with Gasteiger partial charge in [0, 0.05) is 22.3 Å². The van der Waals surface area contributed by atoms with E-state index in [2.05, 4.69) is 6.92 Å². The molecule has 0 heterocycles. The van der Waals surface area contributed by atoms with E-state index in [-0.39, 0.29) is 6.42 Å². The highest BCUT2D eigenvalue weighted by molar-refractivity contribution is 7.84. The lowest BCUT2D eigenvalue weighted by Gasteiger charge is -2.02. The third-order valence-corrected chi connectivity index (χ3v) is 4.67. The Morgan fingerprint density at radius 1 is 0.842 bits per heavy atom. The lowest BCUT2D eigenvalue weighted by molar-refractivity contribution is -0.136. The zero-order valence-electron chi connectivity index (χ0n) is 12.4. The predicted molar refractivity (Wildman–Crippen MR) is 82.0 cm³/mol. The Balaban J connectivity index is 3.13. The molecule has 1 unspecified atom stereocenters. The van der Waals surface area contributed by atoms with Crippen LogP contribution >= 0.6 is 0 Å². The van der Waals surface area contributed by atoms with Gasteiger partial charge in [-0.25, -0.2) is 0 Å². The third kappa shape index (κ3) is 15.6. The van der Waals surface area contributed by atoms with Crippen LogP contribution < -0.4 is 0 Å². The smallest absolute Gasteiger partial charge is 0.304 e. The number of unbranched alkanes of at least 4 members (excludes halogenated alkanes) is 9. The first kappa shape index (κ1) is 18.6. The molecule has 0 aliphatic rings. The van der Waals surface area contributed by atoms with Crippen molar-refractivity contribution < 1.29 is 14.1 Å². The molecule has 4 heteroatoms. The molecule has 0 spiro atoms. The molecule has 0 bridgehead atoms. The van der Waals surface area contributed by atoms with Crippen LogP contribution in [0.3, 0.4) is 0 Å². The number of aliphatic carboxylic acids is 1. The zero-order valence-corrected chi connectivity index (χ0v) is 13.2. The minimum atomic E-state index is -0.934. The van der Waals surface area contributed by atoms with E-state index in [1.54, 1.807) is 0 Å². The van der Waals surface area contributed by atoms with Gasteiger partial charge >= 0.3 is 5.97 Å². The molecule has 0 radical (unpaired) electrons. The first-order valence-electron chi connectivity index (χ1n) is 7.73. The van der Waals surface area contributed by atoms with Gasteiger partial charge in [-0.3, -0.25) is 9.00 Å². The largest absolute Gasteiger partial charge is 0.481 e. The van der Waals surface area contributed by atoms with Crippen LogP contribution in [0, 0.1) is 0 Å². The van der Waals surface area contributed by atoms with E-state index in [4.69, 9.17) is 5.11 Å². The van der Waals surface area contributed by atoms with Crippen molar-refractivity contribution in [3.05, 3.63) is 0 Å². The monoisotopic (exact) mass is 290 g/mol. The molecule has 0 aliphatic carbocycles. The number of carboxylic acids is 1. The molecular formula is C15H30O3S. The van der Waals surface area contributed by atoms with Crippen molar-refractivity contribution in [2.75, 3.05) is 11.5 Å². The molecular weight excluding hydrogens is 260 g/mol. The Morgan fingerprint density at radius 3 is 1.79 bits per heavy atom. The maximum absolute atomic E-state index is 11.4. The maximum Gasteiger partial charge on any atom is 0.304 e. The molecule has 0 amide bonds. The molecule has 0 fully saturated rings. The van der Waals surface area contributed by atoms with Gasteiger partial charge in [0.05, 0.1) is 6.42 Å². The van der Waals surface area contributed by atoms with E-state index in [9.17, 15) is 9.00 Å². The SMILES string of the molecule is CCCCCCCCCCCCS(=O)CCC(=O)O. The van der Waals surface area contributed by atoms with E-state index in [1.807, 2.05) is 0 Å². The van der Waals surface area contributed by atoms with Gasteiger partial charge in [-0.2, -0.15) is 0 Å². The van der Waals surface area contributed by atoms with Crippen molar-refractivity contribution in [3.8, 4) is 0 Å². The number of hydrogen-bond acceptors (Lipinski definition) is 2. The molecule has 0 rings (SSSR count). The van der Waals surface area contributed by atoms with Crippen LogP contribution in [0.2, 0.25) is 0 Å². The van der Waals surface area contributed by atoms with Crippen molar-refractivity contribution >= 4 is 16.8 Å². The first-order valence-corrected chi connectivity index (χ1v) is 9.22. The second-order valence-electron chi connectivity index (χ2n) is 5.17. The van der Waals surface area contributed by atoms with Gasteiger partial charge in [0.2, 0.25) is 0 Å². The molecule has 114 valence electrons. The highest BCUT2D eigenvalue weighted by Gasteiger charge is 2.03. The average Bonchev–Trinajstić information content (AvgIpc) is 2.38. The van der Waals surface area contributed by atoms with E-state index in [0.717, 1.165) is 12.8 Å². The molecule has 0 aromatic heterocycles. The normalized spacial score (nSPS) is 12.5. The number of hydrogen-bond donors (Lipinski definition) is 1. The second-order valence-corrected chi connectivity index (χ2v) is 6.87.